The summed E-state index contributed by atoms with van der Waals surface area (Å²) in [6, 6.07) is 0. The molecule has 108 valence electrons. The van der Waals surface area contributed by atoms with Crippen LogP contribution >= 0.6 is 0 Å². The summed E-state index contributed by atoms with van der Waals surface area (Å²) in [6.45, 7) is 1.81. The van der Waals surface area contributed by atoms with E-state index in [1.807, 2.05) is 0 Å². The molecule has 1 N–H and O–H groups in total. The highest BCUT2D eigenvalue weighted by molar-refractivity contribution is 5.76. The zero-order valence-corrected chi connectivity index (χ0v) is 10.7. The molecule has 0 rings (SSSR count). The fourth-order valence-corrected chi connectivity index (χ4v) is 1.03. The number of ether oxygens (including phenoxy) is 3. The first-order valence-corrected chi connectivity index (χ1v) is 5.49. The zero-order chi connectivity index (χ0) is 14.8. The fourth-order valence-electron chi connectivity index (χ4n) is 1.03. The summed E-state index contributed by atoms with van der Waals surface area (Å²) in [5, 5.41) is 8.37. The van der Waals surface area contributed by atoms with Gasteiger partial charge in [0.2, 0.25) is 0 Å². The van der Waals surface area contributed by atoms with Crippen molar-refractivity contribution in [1.82, 2.24) is 0 Å². The minimum absolute atomic E-state index is 0.235. The predicted octanol–water partition coefficient (Wildman–Crippen LogP) is -0.111. The van der Waals surface area contributed by atoms with E-state index in [1.165, 1.54) is 6.92 Å². The van der Waals surface area contributed by atoms with Gasteiger partial charge in [0.15, 0.2) is 6.10 Å². The molecule has 8 heteroatoms. The molecule has 0 radical (unpaired) electrons. The lowest BCUT2D eigenvalue weighted by atomic mass is 10.3. The average Bonchev–Trinajstić information content (AvgIpc) is 2.29. The van der Waals surface area contributed by atoms with Gasteiger partial charge in [-0.05, 0) is 0 Å². The van der Waals surface area contributed by atoms with Crippen LogP contribution in [0.3, 0.4) is 0 Å². The molecule has 0 aromatic rings. The Morgan fingerprint density at radius 2 is 1.53 bits per heavy atom. The Morgan fingerprint density at radius 1 is 0.947 bits per heavy atom. The lowest BCUT2D eigenvalue weighted by Crippen LogP contribution is -2.29. The zero-order valence-electron chi connectivity index (χ0n) is 10.7. The average molecular weight is 276 g/mol. The van der Waals surface area contributed by atoms with Gasteiger partial charge in [0.1, 0.15) is 13.2 Å². The Hall–Kier alpha value is -2.12. The van der Waals surface area contributed by atoms with Crippen LogP contribution in [0.2, 0.25) is 0 Å². The van der Waals surface area contributed by atoms with Crippen LogP contribution in [0.25, 0.3) is 0 Å². The number of carboxylic acids is 1. The van der Waals surface area contributed by atoms with E-state index in [-0.39, 0.29) is 26.1 Å². The third kappa shape index (κ3) is 10.7. The maximum Gasteiger partial charge on any atom is 0.306 e. The van der Waals surface area contributed by atoms with Crippen molar-refractivity contribution in [2.45, 2.75) is 32.8 Å². The molecule has 8 nitrogen and oxygen atoms in total. The predicted molar refractivity (Wildman–Crippen MR) is 60.0 cm³/mol. The summed E-state index contributed by atoms with van der Waals surface area (Å²) in [6.07, 6.45) is -1.54. The van der Waals surface area contributed by atoms with E-state index in [0.29, 0.717) is 0 Å². The standard InChI is InChI=1S/C11H16O8/c1-7(12)17-5-9(19-8(2)13)6-18-11(16)4-3-10(14)15/h9H,3-6H2,1-2H3,(H,14,15). The molecule has 0 aromatic carbocycles. The van der Waals surface area contributed by atoms with E-state index >= 15 is 0 Å². The van der Waals surface area contributed by atoms with Crippen LogP contribution in [0, 0.1) is 0 Å². The molecule has 19 heavy (non-hydrogen) atoms. The van der Waals surface area contributed by atoms with Crippen molar-refractivity contribution in [2.24, 2.45) is 0 Å². The van der Waals surface area contributed by atoms with Gasteiger partial charge in [0, 0.05) is 13.8 Å². The summed E-state index contributed by atoms with van der Waals surface area (Å²) in [5.74, 6) is -3.02. The molecule has 0 fully saturated rings. The Labute approximate surface area is 109 Å². The number of carbonyl (C=O) groups is 4. The second kappa shape index (κ2) is 8.90. The molecule has 0 saturated heterocycles. The summed E-state index contributed by atoms with van der Waals surface area (Å²) in [4.78, 5) is 42.8. The Kier molecular flexibility index (Phi) is 7.90. The van der Waals surface area contributed by atoms with Gasteiger partial charge >= 0.3 is 23.9 Å². The summed E-state index contributed by atoms with van der Waals surface area (Å²) in [7, 11) is 0. The topological polar surface area (TPSA) is 116 Å². The third-order valence-electron chi connectivity index (χ3n) is 1.78. The molecule has 0 saturated carbocycles. The smallest absolute Gasteiger partial charge is 0.306 e. The molecule has 0 aliphatic carbocycles. The molecule has 0 aliphatic rings. The number of rotatable bonds is 8. The van der Waals surface area contributed by atoms with E-state index in [0.717, 1.165) is 6.92 Å². The maximum atomic E-state index is 11.1. The van der Waals surface area contributed by atoms with Crippen molar-refractivity contribution in [1.29, 1.82) is 0 Å². The van der Waals surface area contributed by atoms with Crippen LogP contribution in [0.15, 0.2) is 0 Å². The van der Waals surface area contributed by atoms with Crippen LogP contribution in [0.1, 0.15) is 26.7 Å². The highest BCUT2D eigenvalue weighted by Crippen LogP contribution is 2.00. The van der Waals surface area contributed by atoms with Crippen molar-refractivity contribution in [3.63, 3.8) is 0 Å². The number of carboxylic acid groups (broad SMARTS) is 1. The monoisotopic (exact) mass is 276 g/mol. The largest absolute Gasteiger partial charge is 0.481 e. The van der Waals surface area contributed by atoms with Crippen LogP contribution < -0.4 is 0 Å². The second-order valence-electron chi connectivity index (χ2n) is 3.61. The minimum atomic E-state index is -1.12. The highest BCUT2D eigenvalue weighted by Gasteiger charge is 2.17. The molecular formula is C11H16O8. The van der Waals surface area contributed by atoms with Crippen LogP contribution in [-0.2, 0) is 33.4 Å². The Bertz CT molecular complexity index is 349. The van der Waals surface area contributed by atoms with Crippen molar-refractivity contribution < 1.29 is 38.5 Å². The number of hydrogen-bond acceptors (Lipinski definition) is 7. The lowest BCUT2D eigenvalue weighted by molar-refractivity contribution is -0.165. The molecule has 0 bridgehead atoms. The molecule has 1 unspecified atom stereocenters. The van der Waals surface area contributed by atoms with Gasteiger partial charge in [-0.2, -0.15) is 0 Å². The summed E-state index contributed by atoms with van der Waals surface area (Å²) < 4.78 is 14.1. The van der Waals surface area contributed by atoms with E-state index < -0.39 is 30.0 Å². The Balaban J connectivity index is 4.09. The second-order valence-corrected chi connectivity index (χ2v) is 3.61. The molecule has 0 spiro atoms. The maximum absolute atomic E-state index is 11.1. The van der Waals surface area contributed by atoms with Gasteiger partial charge in [-0.3, -0.25) is 19.2 Å². The summed E-state index contributed by atoms with van der Waals surface area (Å²) in [5.41, 5.74) is 0. The van der Waals surface area contributed by atoms with Crippen LogP contribution in [0.4, 0.5) is 0 Å². The fraction of sp³-hybridized carbons (Fsp3) is 0.636. The van der Waals surface area contributed by atoms with E-state index in [4.69, 9.17) is 14.6 Å². The number of carbonyl (C=O) groups excluding carboxylic acids is 3. The molecule has 0 aliphatic heterocycles. The van der Waals surface area contributed by atoms with E-state index in [1.54, 1.807) is 0 Å². The summed E-state index contributed by atoms with van der Waals surface area (Å²) >= 11 is 0. The van der Waals surface area contributed by atoms with Crippen LogP contribution in [-0.4, -0.2) is 48.3 Å². The SMILES string of the molecule is CC(=O)OCC(COC(=O)CCC(=O)O)OC(C)=O. The lowest BCUT2D eigenvalue weighted by Gasteiger charge is -2.16. The molecule has 0 amide bonds. The van der Waals surface area contributed by atoms with Crippen molar-refractivity contribution in [3.8, 4) is 0 Å². The first-order valence-electron chi connectivity index (χ1n) is 5.49. The third-order valence-corrected chi connectivity index (χ3v) is 1.78. The van der Waals surface area contributed by atoms with Crippen molar-refractivity contribution in [3.05, 3.63) is 0 Å². The first-order chi connectivity index (χ1) is 8.81. The van der Waals surface area contributed by atoms with E-state index in [9.17, 15) is 19.2 Å². The van der Waals surface area contributed by atoms with Crippen molar-refractivity contribution >= 4 is 23.9 Å². The molecule has 0 heterocycles. The Morgan fingerprint density at radius 3 is 2.00 bits per heavy atom. The van der Waals surface area contributed by atoms with Crippen LogP contribution in [0.5, 0.6) is 0 Å². The minimum Gasteiger partial charge on any atom is -0.481 e. The molecule has 1 atom stereocenters. The van der Waals surface area contributed by atoms with Gasteiger partial charge in [-0.1, -0.05) is 0 Å². The molecule has 0 aromatic heterocycles. The van der Waals surface area contributed by atoms with Gasteiger partial charge in [0.05, 0.1) is 12.8 Å². The van der Waals surface area contributed by atoms with Gasteiger partial charge in [-0.25, -0.2) is 0 Å². The number of aliphatic carboxylic acids is 1. The van der Waals surface area contributed by atoms with Gasteiger partial charge < -0.3 is 19.3 Å². The quantitative estimate of drug-likeness (QED) is 0.482. The van der Waals surface area contributed by atoms with Crippen molar-refractivity contribution in [2.75, 3.05) is 13.2 Å². The highest BCUT2D eigenvalue weighted by atomic mass is 16.6. The normalized spacial score (nSPS) is 11.3. The number of esters is 3. The molecular weight excluding hydrogens is 260 g/mol. The van der Waals surface area contributed by atoms with Gasteiger partial charge in [-0.15, -0.1) is 0 Å². The van der Waals surface area contributed by atoms with Gasteiger partial charge in [0.25, 0.3) is 0 Å². The number of hydrogen-bond donors (Lipinski definition) is 1. The van der Waals surface area contributed by atoms with E-state index in [2.05, 4.69) is 4.74 Å². The first kappa shape index (κ1) is 16.9.